The standard InChI is InChI=1S/C19H15ClF2NO3PS/c1-27(25,26)18(14-10-28-17-6-5-11(20)9-13(14)17)19(24)23-8-7-12-15(21)3-2-4-16(12)22/h2-10,18H,1H3,(H,23,24)(H,25,26)/b8-7+. The molecule has 0 aliphatic heterocycles. The molecule has 146 valence electrons. The monoisotopic (exact) mass is 441 g/mol. The molecule has 0 bridgehead atoms. The van der Waals surface area contributed by atoms with E-state index in [-0.39, 0.29) is 5.56 Å². The maximum atomic E-state index is 13.7. The lowest BCUT2D eigenvalue weighted by molar-refractivity contribution is -0.120. The summed E-state index contributed by atoms with van der Waals surface area (Å²) >= 11 is 7.34. The molecule has 2 N–H and O–H groups in total. The first-order valence-electron chi connectivity index (χ1n) is 8.06. The second-order valence-corrected chi connectivity index (χ2v) is 9.91. The average molecular weight is 442 g/mol. The molecule has 0 saturated heterocycles. The molecule has 2 unspecified atom stereocenters. The van der Waals surface area contributed by atoms with Crippen LogP contribution in [0.25, 0.3) is 16.2 Å². The predicted molar refractivity (Wildman–Crippen MR) is 109 cm³/mol. The fourth-order valence-electron chi connectivity index (χ4n) is 2.81. The van der Waals surface area contributed by atoms with Crippen LogP contribution in [0, 0.1) is 11.6 Å². The van der Waals surface area contributed by atoms with E-state index in [1.54, 1.807) is 23.6 Å². The third-order valence-electron chi connectivity index (χ3n) is 4.06. The van der Waals surface area contributed by atoms with Crippen molar-refractivity contribution in [1.82, 2.24) is 5.32 Å². The third-order valence-corrected chi connectivity index (χ3v) is 6.75. The largest absolute Gasteiger partial charge is 0.344 e. The summed E-state index contributed by atoms with van der Waals surface area (Å²) in [6, 6.07) is 8.48. The van der Waals surface area contributed by atoms with Crippen LogP contribution in [-0.2, 0) is 9.36 Å². The van der Waals surface area contributed by atoms with Crippen LogP contribution >= 0.6 is 30.3 Å². The Balaban J connectivity index is 1.92. The molecule has 1 heterocycles. The van der Waals surface area contributed by atoms with Crippen LogP contribution in [0.5, 0.6) is 0 Å². The molecule has 2 atom stereocenters. The Morgan fingerprint density at radius 1 is 1.29 bits per heavy atom. The first-order valence-corrected chi connectivity index (χ1v) is 11.5. The molecule has 1 aromatic heterocycles. The minimum absolute atomic E-state index is 0.323. The van der Waals surface area contributed by atoms with E-state index in [0.717, 1.165) is 35.8 Å². The average Bonchev–Trinajstić information content (AvgIpc) is 2.99. The first-order chi connectivity index (χ1) is 13.2. The van der Waals surface area contributed by atoms with Crippen LogP contribution in [0.1, 0.15) is 16.8 Å². The topological polar surface area (TPSA) is 66.4 Å². The Morgan fingerprint density at radius 3 is 2.61 bits per heavy atom. The summed E-state index contributed by atoms with van der Waals surface area (Å²) in [5.74, 6) is -2.34. The molecular weight excluding hydrogens is 427 g/mol. The molecule has 9 heteroatoms. The predicted octanol–water partition coefficient (Wildman–Crippen LogP) is 5.56. The molecule has 0 saturated carbocycles. The van der Waals surface area contributed by atoms with Crippen LogP contribution in [0.15, 0.2) is 48.0 Å². The van der Waals surface area contributed by atoms with E-state index < -0.39 is 30.6 Å². The highest BCUT2D eigenvalue weighted by Crippen LogP contribution is 2.54. The number of hydrogen-bond acceptors (Lipinski definition) is 3. The van der Waals surface area contributed by atoms with E-state index >= 15 is 0 Å². The lowest BCUT2D eigenvalue weighted by Crippen LogP contribution is -2.25. The normalized spacial score (nSPS) is 14.9. The van der Waals surface area contributed by atoms with Crippen LogP contribution in [0.2, 0.25) is 5.02 Å². The van der Waals surface area contributed by atoms with Crippen molar-refractivity contribution in [3.63, 3.8) is 0 Å². The molecule has 2 aromatic carbocycles. The van der Waals surface area contributed by atoms with Crippen molar-refractivity contribution in [3.8, 4) is 0 Å². The maximum Gasteiger partial charge on any atom is 0.241 e. The molecule has 4 nitrogen and oxygen atoms in total. The van der Waals surface area contributed by atoms with Crippen molar-refractivity contribution in [1.29, 1.82) is 0 Å². The van der Waals surface area contributed by atoms with Gasteiger partial charge in [-0.2, -0.15) is 0 Å². The molecule has 0 fully saturated rings. The molecule has 3 aromatic rings. The second-order valence-electron chi connectivity index (χ2n) is 6.15. The van der Waals surface area contributed by atoms with E-state index in [1.165, 1.54) is 17.4 Å². The zero-order valence-corrected chi connectivity index (χ0v) is 17.0. The smallest absolute Gasteiger partial charge is 0.241 e. The van der Waals surface area contributed by atoms with Gasteiger partial charge in [0.2, 0.25) is 13.3 Å². The molecule has 3 rings (SSSR count). The first kappa shape index (κ1) is 20.7. The van der Waals surface area contributed by atoms with Crippen molar-refractivity contribution in [2.45, 2.75) is 5.66 Å². The quantitative estimate of drug-likeness (QED) is 0.509. The van der Waals surface area contributed by atoms with E-state index in [4.69, 9.17) is 11.6 Å². The summed E-state index contributed by atoms with van der Waals surface area (Å²) in [4.78, 5) is 22.8. The van der Waals surface area contributed by atoms with E-state index in [9.17, 15) is 23.0 Å². The number of benzene rings is 2. The van der Waals surface area contributed by atoms with Gasteiger partial charge in [0.1, 0.15) is 17.3 Å². The van der Waals surface area contributed by atoms with E-state index in [2.05, 4.69) is 5.32 Å². The van der Waals surface area contributed by atoms with Crippen LogP contribution < -0.4 is 5.32 Å². The highest BCUT2D eigenvalue weighted by atomic mass is 35.5. The summed E-state index contributed by atoms with van der Waals surface area (Å²) in [6.45, 7) is 1.09. The molecule has 0 aliphatic rings. The van der Waals surface area contributed by atoms with Crippen molar-refractivity contribution in [3.05, 3.63) is 75.8 Å². The fourth-order valence-corrected chi connectivity index (χ4v) is 5.29. The number of hydrogen-bond donors (Lipinski definition) is 2. The summed E-state index contributed by atoms with van der Waals surface area (Å²) in [7, 11) is -3.90. The second kappa shape index (κ2) is 8.13. The highest BCUT2D eigenvalue weighted by Gasteiger charge is 2.36. The van der Waals surface area contributed by atoms with Gasteiger partial charge in [0.05, 0.1) is 0 Å². The Morgan fingerprint density at radius 2 is 1.96 bits per heavy atom. The van der Waals surface area contributed by atoms with E-state index in [1.807, 2.05) is 0 Å². The van der Waals surface area contributed by atoms with Crippen molar-refractivity contribution >= 4 is 52.4 Å². The van der Waals surface area contributed by atoms with Crippen LogP contribution in [0.3, 0.4) is 0 Å². The van der Waals surface area contributed by atoms with Crippen molar-refractivity contribution in [2.24, 2.45) is 0 Å². The number of carbonyl (C=O) groups is 1. The van der Waals surface area contributed by atoms with E-state index in [0.29, 0.717) is 16.0 Å². The molecule has 28 heavy (non-hydrogen) atoms. The SMILES string of the molecule is CP(=O)(O)C(C(=O)N/C=C/c1c(F)cccc1F)c1csc2ccc(Cl)cc12. The number of thiophene rings is 1. The van der Waals surface area contributed by atoms with Gasteiger partial charge in [-0.15, -0.1) is 11.3 Å². The summed E-state index contributed by atoms with van der Waals surface area (Å²) in [5, 5.41) is 5.03. The molecule has 0 radical (unpaired) electrons. The van der Waals surface area contributed by atoms with Gasteiger partial charge in [-0.3, -0.25) is 9.36 Å². The molecule has 0 spiro atoms. The Kier molecular flexibility index (Phi) is 6.01. The zero-order chi connectivity index (χ0) is 20.5. The van der Waals surface area contributed by atoms with Gasteiger partial charge in [-0.1, -0.05) is 17.7 Å². The van der Waals surface area contributed by atoms with Gasteiger partial charge in [-0.05, 0) is 52.7 Å². The van der Waals surface area contributed by atoms with Gasteiger partial charge in [0.25, 0.3) is 0 Å². The summed E-state index contributed by atoms with van der Waals surface area (Å²) < 4.78 is 40.6. The lowest BCUT2D eigenvalue weighted by Gasteiger charge is -2.18. The third kappa shape index (κ3) is 4.33. The maximum absolute atomic E-state index is 13.7. The number of fused-ring (bicyclic) bond motifs is 1. The molecule has 1 amide bonds. The van der Waals surface area contributed by atoms with Gasteiger partial charge in [-0.25, -0.2) is 8.78 Å². The highest BCUT2D eigenvalue weighted by molar-refractivity contribution is 7.58. The van der Waals surface area contributed by atoms with Gasteiger partial charge < -0.3 is 10.2 Å². The minimum Gasteiger partial charge on any atom is -0.344 e. The number of nitrogens with one attached hydrogen (secondary N) is 1. The number of halogens is 3. The summed E-state index contributed by atoms with van der Waals surface area (Å²) in [5.41, 5.74) is -1.30. The Bertz CT molecular complexity index is 1110. The van der Waals surface area contributed by atoms with Crippen molar-refractivity contribution in [2.75, 3.05) is 6.66 Å². The zero-order valence-electron chi connectivity index (χ0n) is 14.5. The number of rotatable bonds is 5. The number of carbonyl (C=O) groups excluding carboxylic acids is 1. The Labute approximate surface area is 168 Å². The fraction of sp³-hybridized carbons (Fsp3) is 0.105. The van der Waals surface area contributed by atoms with Gasteiger partial charge in [0.15, 0.2) is 0 Å². The minimum atomic E-state index is -3.90. The summed E-state index contributed by atoms with van der Waals surface area (Å²) in [6.07, 6.45) is 2.11. The number of amides is 1. The van der Waals surface area contributed by atoms with Crippen molar-refractivity contribution < 1.29 is 23.0 Å². The van der Waals surface area contributed by atoms with Gasteiger partial charge in [0, 0.05) is 28.2 Å². The van der Waals surface area contributed by atoms with Crippen LogP contribution in [-0.4, -0.2) is 17.5 Å². The van der Waals surface area contributed by atoms with Gasteiger partial charge >= 0.3 is 0 Å². The molecule has 0 aliphatic carbocycles. The lowest BCUT2D eigenvalue weighted by atomic mass is 10.1. The Hall–Kier alpha value is -2.05. The van der Waals surface area contributed by atoms with Crippen LogP contribution in [0.4, 0.5) is 8.78 Å². The molecular formula is C19H15ClF2NO3PS.